The molecule has 2 rings (SSSR count). The number of nitrogens with two attached hydrogens (primary N) is 1. The molecule has 1 aromatic rings. The van der Waals surface area contributed by atoms with E-state index in [0.29, 0.717) is 6.04 Å². The third kappa shape index (κ3) is 4.51. The van der Waals surface area contributed by atoms with Crippen molar-refractivity contribution < 1.29 is 0 Å². The molecule has 17 heavy (non-hydrogen) atoms. The largest absolute Gasteiger partial charge is 0.328 e. The van der Waals surface area contributed by atoms with E-state index < -0.39 is 0 Å². The van der Waals surface area contributed by atoms with E-state index in [9.17, 15) is 0 Å². The first-order chi connectivity index (χ1) is 8.34. The van der Waals surface area contributed by atoms with Crippen LogP contribution in [0.3, 0.4) is 0 Å². The Labute approximate surface area is 105 Å². The van der Waals surface area contributed by atoms with Crippen molar-refractivity contribution in [3.8, 4) is 0 Å². The van der Waals surface area contributed by atoms with Gasteiger partial charge in [-0.1, -0.05) is 56.0 Å². The minimum atomic E-state index is 0.432. The zero-order chi connectivity index (χ0) is 11.9. The molecule has 1 fully saturated rings. The Hall–Kier alpha value is -0.820. The molecule has 0 amide bonds. The van der Waals surface area contributed by atoms with Gasteiger partial charge >= 0.3 is 0 Å². The Morgan fingerprint density at radius 1 is 1.12 bits per heavy atom. The van der Waals surface area contributed by atoms with E-state index in [1.807, 2.05) is 0 Å². The molecule has 0 spiro atoms. The molecule has 1 aliphatic rings. The van der Waals surface area contributed by atoms with Crippen molar-refractivity contribution in [1.82, 2.24) is 0 Å². The predicted octanol–water partition coefficient (Wildman–Crippen LogP) is 3.92. The monoisotopic (exact) mass is 231 g/mol. The molecule has 1 atom stereocenters. The molecule has 0 saturated heterocycles. The van der Waals surface area contributed by atoms with Gasteiger partial charge in [-0.15, -0.1) is 0 Å². The summed E-state index contributed by atoms with van der Waals surface area (Å²) in [6, 6.07) is 11.2. The summed E-state index contributed by atoms with van der Waals surface area (Å²) in [6.45, 7) is 0. The molecule has 0 radical (unpaired) electrons. The molecule has 1 aliphatic carbocycles. The lowest BCUT2D eigenvalue weighted by atomic mass is 9.95. The molecule has 1 heteroatoms. The lowest BCUT2D eigenvalue weighted by Gasteiger charge is -2.16. The van der Waals surface area contributed by atoms with Crippen molar-refractivity contribution in [3.05, 3.63) is 35.9 Å². The lowest BCUT2D eigenvalue weighted by molar-refractivity contribution is 0.421. The summed E-state index contributed by atoms with van der Waals surface area (Å²) in [4.78, 5) is 0. The van der Waals surface area contributed by atoms with E-state index in [2.05, 4.69) is 30.3 Å². The molecule has 2 N–H and O–H groups in total. The van der Waals surface area contributed by atoms with Gasteiger partial charge in [-0.3, -0.25) is 0 Å². The van der Waals surface area contributed by atoms with Gasteiger partial charge in [-0.05, 0) is 37.2 Å². The fourth-order valence-corrected chi connectivity index (χ4v) is 3.01. The minimum Gasteiger partial charge on any atom is -0.328 e. The van der Waals surface area contributed by atoms with Gasteiger partial charge in [0.15, 0.2) is 0 Å². The molecule has 0 heterocycles. The molecule has 1 aromatic carbocycles. The van der Waals surface area contributed by atoms with Gasteiger partial charge in [-0.2, -0.15) is 0 Å². The van der Waals surface area contributed by atoms with Crippen LogP contribution in [-0.2, 0) is 6.42 Å². The van der Waals surface area contributed by atoms with E-state index in [-0.39, 0.29) is 0 Å². The molecule has 0 aliphatic heterocycles. The van der Waals surface area contributed by atoms with Gasteiger partial charge < -0.3 is 5.73 Å². The highest BCUT2D eigenvalue weighted by molar-refractivity contribution is 5.14. The van der Waals surface area contributed by atoms with Crippen molar-refractivity contribution in [2.75, 3.05) is 0 Å². The van der Waals surface area contributed by atoms with Crippen molar-refractivity contribution in [1.29, 1.82) is 0 Å². The standard InChI is InChI=1S/C16H25N/c17-16(13-15-9-4-5-10-15)12-6-11-14-7-2-1-3-8-14/h1-3,7-8,15-16H,4-6,9-13,17H2. The quantitative estimate of drug-likeness (QED) is 0.789. The van der Waals surface area contributed by atoms with Gasteiger partial charge in [0.2, 0.25) is 0 Å². The van der Waals surface area contributed by atoms with E-state index >= 15 is 0 Å². The molecule has 94 valence electrons. The van der Waals surface area contributed by atoms with Crippen LogP contribution in [0.2, 0.25) is 0 Å². The van der Waals surface area contributed by atoms with E-state index in [1.165, 1.54) is 56.9 Å². The Morgan fingerprint density at radius 3 is 2.53 bits per heavy atom. The first kappa shape index (κ1) is 12.6. The summed E-state index contributed by atoms with van der Waals surface area (Å²) in [6.07, 6.45) is 10.6. The molecule has 1 nitrogen and oxygen atoms in total. The van der Waals surface area contributed by atoms with Gasteiger partial charge in [0.1, 0.15) is 0 Å². The van der Waals surface area contributed by atoms with Gasteiger partial charge in [-0.25, -0.2) is 0 Å². The van der Waals surface area contributed by atoms with Crippen molar-refractivity contribution in [3.63, 3.8) is 0 Å². The van der Waals surface area contributed by atoms with Crippen LogP contribution in [0.25, 0.3) is 0 Å². The summed E-state index contributed by atoms with van der Waals surface area (Å²) in [7, 11) is 0. The zero-order valence-corrected chi connectivity index (χ0v) is 10.8. The zero-order valence-electron chi connectivity index (χ0n) is 10.8. The highest BCUT2D eigenvalue weighted by atomic mass is 14.6. The topological polar surface area (TPSA) is 26.0 Å². The SMILES string of the molecule is NC(CCCc1ccccc1)CC1CCCC1. The fraction of sp³-hybridized carbons (Fsp3) is 0.625. The number of rotatable bonds is 6. The van der Waals surface area contributed by atoms with E-state index in [4.69, 9.17) is 5.73 Å². The number of hydrogen-bond acceptors (Lipinski definition) is 1. The summed E-state index contributed by atoms with van der Waals surface area (Å²) in [5.74, 6) is 0.932. The summed E-state index contributed by atoms with van der Waals surface area (Å²) >= 11 is 0. The highest BCUT2D eigenvalue weighted by Crippen LogP contribution is 2.28. The second-order valence-corrected chi connectivity index (χ2v) is 5.52. The van der Waals surface area contributed by atoms with Crippen molar-refractivity contribution in [2.45, 2.75) is 57.4 Å². The average molecular weight is 231 g/mol. The maximum atomic E-state index is 6.22. The first-order valence-corrected chi connectivity index (χ1v) is 7.14. The fourth-order valence-electron chi connectivity index (χ4n) is 3.01. The molecular weight excluding hydrogens is 206 g/mol. The first-order valence-electron chi connectivity index (χ1n) is 7.14. The van der Waals surface area contributed by atoms with E-state index in [0.717, 1.165) is 5.92 Å². The Bertz CT molecular complexity index is 301. The Balaban J connectivity index is 1.61. The predicted molar refractivity (Wildman–Crippen MR) is 73.9 cm³/mol. The normalized spacial score (nSPS) is 18.4. The van der Waals surface area contributed by atoms with Gasteiger partial charge in [0.25, 0.3) is 0 Å². The van der Waals surface area contributed by atoms with Crippen LogP contribution >= 0.6 is 0 Å². The van der Waals surface area contributed by atoms with Crippen LogP contribution in [0, 0.1) is 5.92 Å². The second-order valence-electron chi connectivity index (χ2n) is 5.52. The third-order valence-electron chi connectivity index (χ3n) is 3.99. The number of benzene rings is 1. The van der Waals surface area contributed by atoms with Crippen LogP contribution in [0.15, 0.2) is 30.3 Å². The van der Waals surface area contributed by atoms with Crippen LogP contribution in [0.5, 0.6) is 0 Å². The third-order valence-corrected chi connectivity index (χ3v) is 3.99. The Morgan fingerprint density at radius 2 is 1.82 bits per heavy atom. The second kappa shape index (κ2) is 6.80. The lowest BCUT2D eigenvalue weighted by Crippen LogP contribution is -2.22. The molecule has 1 unspecified atom stereocenters. The summed E-state index contributed by atoms with van der Waals surface area (Å²) in [5.41, 5.74) is 7.66. The Kier molecular flexibility index (Phi) is 5.06. The summed E-state index contributed by atoms with van der Waals surface area (Å²) < 4.78 is 0. The summed E-state index contributed by atoms with van der Waals surface area (Å²) in [5, 5.41) is 0. The van der Waals surface area contributed by atoms with Crippen LogP contribution < -0.4 is 5.73 Å². The smallest absolute Gasteiger partial charge is 0.00415 e. The number of hydrogen-bond donors (Lipinski definition) is 1. The van der Waals surface area contributed by atoms with E-state index in [1.54, 1.807) is 0 Å². The van der Waals surface area contributed by atoms with Crippen LogP contribution in [0.4, 0.5) is 0 Å². The number of aryl methyl sites for hydroxylation is 1. The minimum absolute atomic E-state index is 0.432. The highest BCUT2D eigenvalue weighted by Gasteiger charge is 2.17. The van der Waals surface area contributed by atoms with Crippen LogP contribution in [0.1, 0.15) is 50.5 Å². The van der Waals surface area contributed by atoms with Crippen LogP contribution in [-0.4, -0.2) is 6.04 Å². The maximum Gasteiger partial charge on any atom is 0.00415 e. The average Bonchev–Trinajstić information content (AvgIpc) is 2.83. The molecule has 0 aromatic heterocycles. The molecular formula is C16H25N. The maximum absolute atomic E-state index is 6.22. The molecule has 1 saturated carbocycles. The van der Waals surface area contributed by atoms with Crippen molar-refractivity contribution in [2.24, 2.45) is 11.7 Å². The van der Waals surface area contributed by atoms with Gasteiger partial charge in [0.05, 0.1) is 0 Å². The van der Waals surface area contributed by atoms with Crippen molar-refractivity contribution >= 4 is 0 Å². The molecule has 0 bridgehead atoms. The van der Waals surface area contributed by atoms with Gasteiger partial charge in [0, 0.05) is 6.04 Å².